The summed E-state index contributed by atoms with van der Waals surface area (Å²) in [6.45, 7) is 4.69. The summed E-state index contributed by atoms with van der Waals surface area (Å²) >= 11 is 0. The van der Waals surface area contributed by atoms with Gasteiger partial charge in [-0.25, -0.2) is 0 Å². The van der Waals surface area contributed by atoms with Crippen molar-refractivity contribution in [3.05, 3.63) is 11.6 Å². The molecule has 0 nitrogen and oxygen atoms in total. The van der Waals surface area contributed by atoms with E-state index in [0.717, 1.165) is 5.92 Å². The van der Waals surface area contributed by atoms with Crippen LogP contribution in [0.2, 0.25) is 0 Å². The van der Waals surface area contributed by atoms with Gasteiger partial charge in [-0.1, -0.05) is 50.7 Å². The first-order valence-corrected chi connectivity index (χ1v) is 5.97. The van der Waals surface area contributed by atoms with E-state index in [-0.39, 0.29) is 0 Å². The maximum atomic E-state index is 2.47. The summed E-state index contributed by atoms with van der Waals surface area (Å²) < 4.78 is 0. The van der Waals surface area contributed by atoms with E-state index in [1.54, 1.807) is 5.57 Å². The SMILES string of the molecule is CC1=CCCCCCCCCC1C. The van der Waals surface area contributed by atoms with Crippen molar-refractivity contribution in [1.82, 2.24) is 0 Å². The zero-order chi connectivity index (χ0) is 9.52. The molecule has 0 aliphatic heterocycles. The van der Waals surface area contributed by atoms with Crippen LogP contribution in [-0.2, 0) is 0 Å². The van der Waals surface area contributed by atoms with Crippen LogP contribution in [0.15, 0.2) is 11.6 Å². The van der Waals surface area contributed by atoms with Crippen molar-refractivity contribution in [2.24, 2.45) is 5.92 Å². The molecule has 0 fully saturated rings. The highest BCUT2D eigenvalue weighted by Crippen LogP contribution is 2.21. The van der Waals surface area contributed by atoms with Crippen LogP contribution in [0.25, 0.3) is 0 Å². The molecular formula is C13H24. The second-order valence-electron chi connectivity index (χ2n) is 4.55. The zero-order valence-electron chi connectivity index (χ0n) is 9.31. The quantitative estimate of drug-likeness (QED) is 0.474. The summed E-state index contributed by atoms with van der Waals surface area (Å²) in [7, 11) is 0. The van der Waals surface area contributed by atoms with Crippen LogP contribution in [0.3, 0.4) is 0 Å². The summed E-state index contributed by atoms with van der Waals surface area (Å²) in [5.41, 5.74) is 1.63. The molecule has 0 saturated carbocycles. The van der Waals surface area contributed by atoms with Gasteiger partial charge in [-0.2, -0.15) is 0 Å². The molecule has 0 aromatic carbocycles. The highest BCUT2D eigenvalue weighted by molar-refractivity contribution is 5.01. The maximum absolute atomic E-state index is 2.47. The molecule has 0 aromatic rings. The van der Waals surface area contributed by atoms with Gasteiger partial charge in [-0.15, -0.1) is 0 Å². The van der Waals surface area contributed by atoms with Crippen LogP contribution in [0.1, 0.15) is 65.2 Å². The number of rotatable bonds is 0. The fourth-order valence-corrected chi connectivity index (χ4v) is 2.06. The van der Waals surface area contributed by atoms with E-state index in [4.69, 9.17) is 0 Å². The van der Waals surface area contributed by atoms with Crippen molar-refractivity contribution in [2.45, 2.75) is 65.2 Å². The van der Waals surface area contributed by atoms with Gasteiger partial charge in [0.25, 0.3) is 0 Å². The molecular weight excluding hydrogens is 156 g/mol. The lowest BCUT2D eigenvalue weighted by Gasteiger charge is -2.11. The summed E-state index contributed by atoms with van der Waals surface area (Å²) in [6.07, 6.45) is 13.9. The van der Waals surface area contributed by atoms with E-state index >= 15 is 0 Å². The van der Waals surface area contributed by atoms with Crippen molar-refractivity contribution in [3.8, 4) is 0 Å². The monoisotopic (exact) mass is 180 g/mol. The molecule has 0 heteroatoms. The largest absolute Gasteiger partial charge is 0.0853 e. The average molecular weight is 180 g/mol. The molecule has 1 aliphatic carbocycles. The Bertz CT molecular complexity index is 155. The number of hydrogen-bond donors (Lipinski definition) is 0. The lowest BCUT2D eigenvalue weighted by molar-refractivity contribution is 0.534. The summed E-state index contributed by atoms with van der Waals surface area (Å²) in [5.74, 6) is 0.832. The molecule has 0 spiro atoms. The van der Waals surface area contributed by atoms with Gasteiger partial charge in [0.05, 0.1) is 0 Å². The third-order valence-corrected chi connectivity index (χ3v) is 3.33. The van der Waals surface area contributed by atoms with Crippen LogP contribution < -0.4 is 0 Å². The van der Waals surface area contributed by atoms with Crippen LogP contribution in [0.4, 0.5) is 0 Å². The van der Waals surface area contributed by atoms with Crippen molar-refractivity contribution in [1.29, 1.82) is 0 Å². The van der Waals surface area contributed by atoms with Gasteiger partial charge >= 0.3 is 0 Å². The zero-order valence-corrected chi connectivity index (χ0v) is 9.31. The second-order valence-corrected chi connectivity index (χ2v) is 4.55. The molecule has 13 heavy (non-hydrogen) atoms. The van der Waals surface area contributed by atoms with E-state index in [9.17, 15) is 0 Å². The molecule has 1 rings (SSSR count). The summed E-state index contributed by atoms with van der Waals surface area (Å²) in [5, 5.41) is 0. The van der Waals surface area contributed by atoms with Crippen LogP contribution in [-0.4, -0.2) is 0 Å². The van der Waals surface area contributed by atoms with Gasteiger partial charge in [0.2, 0.25) is 0 Å². The second kappa shape index (κ2) is 6.23. The molecule has 0 heterocycles. The van der Waals surface area contributed by atoms with Crippen LogP contribution in [0.5, 0.6) is 0 Å². The van der Waals surface area contributed by atoms with Gasteiger partial charge in [0.15, 0.2) is 0 Å². The Hall–Kier alpha value is -0.260. The highest BCUT2D eigenvalue weighted by atomic mass is 14.1. The Labute approximate surface area is 83.4 Å². The normalized spacial score (nSPS) is 27.5. The molecule has 1 unspecified atom stereocenters. The summed E-state index contributed by atoms with van der Waals surface area (Å²) in [6, 6.07) is 0. The minimum absolute atomic E-state index is 0.832. The van der Waals surface area contributed by atoms with Crippen molar-refractivity contribution in [2.75, 3.05) is 0 Å². The Morgan fingerprint density at radius 2 is 1.62 bits per heavy atom. The fourth-order valence-electron chi connectivity index (χ4n) is 2.06. The highest BCUT2D eigenvalue weighted by Gasteiger charge is 2.04. The first-order valence-electron chi connectivity index (χ1n) is 5.97. The molecule has 0 N–H and O–H groups in total. The van der Waals surface area contributed by atoms with E-state index in [1.807, 2.05) is 0 Å². The molecule has 0 aromatic heterocycles. The predicted molar refractivity (Wildman–Crippen MR) is 59.9 cm³/mol. The van der Waals surface area contributed by atoms with Crippen molar-refractivity contribution < 1.29 is 0 Å². The Balaban J connectivity index is 2.39. The molecule has 0 bridgehead atoms. The van der Waals surface area contributed by atoms with E-state index in [1.165, 1.54) is 51.4 Å². The summed E-state index contributed by atoms with van der Waals surface area (Å²) in [4.78, 5) is 0. The molecule has 0 radical (unpaired) electrons. The van der Waals surface area contributed by atoms with E-state index in [0.29, 0.717) is 0 Å². The third-order valence-electron chi connectivity index (χ3n) is 3.33. The van der Waals surface area contributed by atoms with Crippen molar-refractivity contribution in [3.63, 3.8) is 0 Å². The fraction of sp³-hybridized carbons (Fsp3) is 0.846. The van der Waals surface area contributed by atoms with Crippen LogP contribution >= 0.6 is 0 Å². The van der Waals surface area contributed by atoms with Crippen LogP contribution in [0, 0.1) is 5.92 Å². The standard InChI is InChI=1S/C13H24/c1-12-10-8-6-4-3-5-7-9-11-13(12)2/h10,13H,3-9,11H2,1-2H3. The molecule has 1 atom stereocenters. The third kappa shape index (κ3) is 4.50. The Morgan fingerprint density at radius 3 is 2.38 bits per heavy atom. The minimum Gasteiger partial charge on any atom is -0.0853 e. The van der Waals surface area contributed by atoms with E-state index < -0.39 is 0 Å². The molecule has 1 aliphatic rings. The first kappa shape index (κ1) is 10.8. The smallest absolute Gasteiger partial charge is 0.0234 e. The Kier molecular flexibility index (Phi) is 5.19. The lowest BCUT2D eigenvalue weighted by Crippen LogP contribution is -1.96. The van der Waals surface area contributed by atoms with E-state index in [2.05, 4.69) is 19.9 Å². The first-order chi connectivity index (χ1) is 6.30. The minimum atomic E-state index is 0.832. The predicted octanol–water partition coefficient (Wildman–Crippen LogP) is 4.70. The van der Waals surface area contributed by atoms with Gasteiger partial charge in [-0.3, -0.25) is 0 Å². The molecule has 0 saturated heterocycles. The van der Waals surface area contributed by atoms with Gasteiger partial charge < -0.3 is 0 Å². The average Bonchev–Trinajstić information content (AvgIpc) is 2.16. The van der Waals surface area contributed by atoms with Crippen molar-refractivity contribution >= 4 is 0 Å². The molecule has 76 valence electrons. The Morgan fingerprint density at radius 1 is 1.00 bits per heavy atom. The number of allylic oxidation sites excluding steroid dienone is 2. The van der Waals surface area contributed by atoms with Gasteiger partial charge in [0.1, 0.15) is 0 Å². The lowest BCUT2D eigenvalue weighted by atomic mass is 9.95. The molecule has 0 amide bonds. The van der Waals surface area contributed by atoms with Gasteiger partial charge in [-0.05, 0) is 32.1 Å². The maximum Gasteiger partial charge on any atom is -0.0234 e. The van der Waals surface area contributed by atoms with Gasteiger partial charge in [0, 0.05) is 0 Å². The topological polar surface area (TPSA) is 0 Å². The number of hydrogen-bond acceptors (Lipinski definition) is 0.